The van der Waals surface area contributed by atoms with E-state index in [2.05, 4.69) is 15.6 Å². The maximum atomic E-state index is 12.7. The summed E-state index contributed by atoms with van der Waals surface area (Å²) >= 11 is 2.71. The van der Waals surface area contributed by atoms with Crippen LogP contribution in [-0.4, -0.2) is 29.9 Å². The van der Waals surface area contributed by atoms with Crippen LogP contribution in [0.2, 0.25) is 0 Å². The largest absolute Gasteiger partial charge is 0.497 e. The highest BCUT2D eigenvalue weighted by Gasteiger charge is 2.26. The number of benzene rings is 1. The lowest BCUT2D eigenvalue weighted by Gasteiger charge is -2.20. The lowest BCUT2D eigenvalue weighted by Crippen LogP contribution is -2.46. The van der Waals surface area contributed by atoms with E-state index in [0.717, 1.165) is 16.0 Å². The highest BCUT2D eigenvalue weighted by Crippen LogP contribution is 2.29. The van der Waals surface area contributed by atoms with Crippen LogP contribution in [0.1, 0.15) is 23.5 Å². The highest BCUT2D eigenvalue weighted by atomic mass is 32.1. The normalized spacial score (nSPS) is 12.2. The number of methoxy groups -OCH3 is 1. The smallest absolute Gasteiger partial charge is 0.262 e. The van der Waals surface area contributed by atoms with E-state index in [0.29, 0.717) is 10.0 Å². The van der Waals surface area contributed by atoms with Gasteiger partial charge >= 0.3 is 0 Å². The Balaban J connectivity index is 1.74. The van der Waals surface area contributed by atoms with Crippen molar-refractivity contribution in [3.05, 3.63) is 40.6 Å². The molecule has 0 saturated heterocycles. The van der Waals surface area contributed by atoms with Gasteiger partial charge in [0.2, 0.25) is 5.91 Å². The lowest BCUT2D eigenvalue weighted by atomic mass is 10.0. The second-order valence-corrected chi connectivity index (χ2v) is 7.99. The van der Waals surface area contributed by atoms with Crippen LogP contribution in [0.4, 0.5) is 5.13 Å². The Morgan fingerprint density at radius 2 is 2.04 bits per heavy atom. The quantitative estimate of drug-likeness (QED) is 0.673. The number of thiazole rings is 1. The molecular formula is C18H19N3O3S2. The van der Waals surface area contributed by atoms with E-state index < -0.39 is 6.04 Å². The molecular weight excluding hydrogens is 370 g/mol. The van der Waals surface area contributed by atoms with Gasteiger partial charge in [-0.2, -0.15) is 0 Å². The molecule has 1 unspecified atom stereocenters. The number of hydrogen-bond donors (Lipinski definition) is 2. The first-order chi connectivity index (χ1) is 12.5. The van der Waals surface area contributed by atoms with Gasteiger partial charge in [-0.3, -0.25) is 9.59 Å². The molecule has 1 aromatic carbocycles. The number of anilines is 1. The topological polar surface area (TPSA) is 80.3 Å². The fourth-order valence-corrected chi connectivity index (χ4v) is 3.95. The fourth-order valence-electron chi connectivity index (χ4n) is 2.42. The SMILES string of the molecule is COc1ccc2nc(NC(=O)C(NC(=O)c3cccs3)C(C)C)sc2c1. The van der Waals surface area contributed by atoms with Crippen molar-refractivity contribution in [1.29, 1.82) is 0 Å². The van der Waals surface area contributed by atoms with Gasteiger partial charge in [0.15, 0.2) is 5.13 Å². The number of hydrogen-bond acceptors (Lipinski definition) is 6. The van der Waals surface area contributed by atoms with Crippen molar-refractivity contribution in [3.63, 3.8) is 0 Å². The van der Waals surface area contributed by atoms with Crippen LogP contribution in [0, 0.1) is 5.92 Å². The van der Waals surface area contributed by atoms with Gasteiger partial charge in [-0.05, 0) is 35.6 Å². The molecule has 3 rings (SSSR count). The van der Waals surface area contributed by atoms with Gasteiger partial charge < -0.3 is 15.4 Å². The summed E-state index contributed by atoms with van der Waals surface area (Å²) in [6, 6.07) is 8.44. The van der Waals surface area contributed by atoms with E-state index in [9.17, 15) is 9.59 Å². The highest BCUT2D eigenvalue weighted by molar-refractivity contribution is 7.22. The molecule has 6 nitrogen and oxygen atoms in total. The van der Waals surface area contributed by atoms with Gasteiger partial charge in [-0.25, -0.2) is 4.98 Å². The fraction of sp³-hybridized carbons (Fsp3) is 0.278. The van der Waals surface area contributed by atoms with Crippen LogP contribution < -0.4 is 15.4 Å². The Kier molecular flexibility index (Phi) is 5.53. The van der Waals surface area contributed by atoms with Crippen LogP contribution >= 0.6 is 22.7 Å². The molecule has 2 heterocycles. The van der Waals surface area contributed by atoms with Gasteiger partial charge in [0.1, 0.15) is 11.8 Å². The molecule has 2 N–H and O–H groups in total. The van der Waals surface area contributed by atoms with Gasteiger partial charge in [0, 0.05) is 0 Å². The summed E-state index contributed by atoms with van der Waals surface area (Å²) in [5.41, 5.74) is 0.787. The van der Waals surface area contributed by atoms with E-state index in [1.165, 1.54) is 22.7 Å². The summed E-state index contributed by atoms with van der Waals surface area (Å²) in [6.45, 7) is 3.78. The van der Waals surface area contributed by atoms with Crippen molar-refractivity contribution in [3.8, 4) is 5.75 Å². The van der Waals surface area contributed by atoms with Crippen molar-refractivity contribution in [1.82, 2.24) is 10.3 Å². The number of carbonyl (C=O) groups is 2. The molecule has 2 amide bonds. The first-order valence-corrected chi connectivity index (χ1v) is 9.77. The second kappa shape index (κ2) is 7.84. The number of ether oxygens (including phenoxy) is 1. The summed E-state index contributed by atoms with van der Waals surface area (Å²) in [4.78, 5) is 30.0. The molecule has 136 valence electrons. The third kappa shape index (κ3) is 4.03. The predicted molar refractivity (Wildman–Crippen MR) is 105 cm³/mol. The molecule has 0 spiro atoms. The molecule has 2 aromatic heterocycles. The van der Waals surface area contributed by atoms with Gasteiger partial charge in [-0.1, -0.05) is 31.3 Å². The molecule has 26 heavy (non-hydrogen) atoms. The number of carbonyl (C=O) groups excluding carboxylic acids is 2. The minimum atomic E-state index is -0.647. The molecule has 0 aliphatic rings. The third-order valence-corrected chi connectivity index (χ3v) is 5.61. The average molecular weight is 390 g/mol. The number of thiophene rings is 1. The molecule has 0 bridgehead atoms. The summed E-state index contributed by atoms with van der Waals surface area (Å²) < 4.78 is 6.13. The standard InChI is InChI=1S/C18H19N3O3S2/c1-10(2)15(20-16(22)13-5-4-8-25-13)17(23)21-18-19-12-7-6-11(24-3)9-14(12)26-18/h4-10,15H,1-3H3,(H,20,22)(H,19,21,23). The van der Waals surface area contributed by atoms with Gasteiger partial charge in [0.25, 0.3) is 5.91 Å². The number of nitrogens with one attached hydrogen (secondary N) is 2. The van der Waals surface area contributed by atoms with Crippen molar-refractivity contribution in [2.24, 2.45) is 5.92 Å². The Hall–Kier alpha value is -2.45. The molecule has 3 aromatic rings. The van der Waals surface area contributed by atoms with E-state index in [4.69, 9.17) is 4.74 Å². The van der Waals surface area contributed by atoms with E-state index >= 15 is 0 Å². The second-order valence-electron chi connectivity index (χ2n) is 6.01. The molecule has 0 radical (unpaired) electrons. The van der Waals surface area contributed by atoms with E-state index in [-0.39, 0.29) is 17.7 Å². The zero-order valence-electron chi connectivity index (χ0n) is 14.6. The Bertz CT molecular complexity index is 919. The van der Waals surface area contributed by atoms with Crippen molar-refractivity contribution >= 4 is 49.8 Å². The predicted octanol–water partition coefficient (Wildman–Crippen LogP) is 3.76. The summed E-state index contributed by atoms with van der Waals surface area (Å²) in [5, 5.41) is 7.95. The molecule has 0 saturated carbocycles. The van der Waals surface area contributed by atoms with Crippen LogP contribution in [0.25, 0.3) is 10.2 Å². The zero-order valence-corrected chi connectivity index (χ0v) is 16.2. The van der Waals surface area contributed by atoms with Gasteiger partial charge in [0.05, 0.1) is 22.2 Å². The number of nitrogens with zero attached hydrogens (tertiary/aromatic N) is 1. The molecule has 0 aliphatic heterocycles. The minimum Gasteiger partial charge on any atom is -0.497 e. The number of amides is 2. The minimum absolute atomic E-state index is 0.0617. The van der Waals surface area contributed by atoms with Crippen LogP contribution in [0.5, 0.6) is 5.75 Å². The number of aromatic nitrogens is 1. The monoisotopic (exact) mass is 389 g/mol. The van der Waals surface area contributed by atoms with Crippen molar-refractivity contribution < 1.29 is 14.3 Å². The Labute approximate surface area is 159 Å². The van der Waals surface area contributed by atoms with Crippen molar-refractivity contribution in [2.75, 3.05) is 12.4 Å². The molecule has 1 atom stereocenters. The molecule has 0 fully saturated rings. The van der Waals surface area contributed by atoms with E-state index in [1.807, 2.05) is 37.4 Å². The molecule has 8 heteroatoms. The number of rotatable bonds is 6. The number of fused-ring (bicyclic) bond motifs is 1. The average Bonchev–Trinajstić information content (AvgIpc) is 3.27. The first-order valence-electron chi connectivity index (χ1n) is 8.07. The summed E-state index contributed by atoms with van der Waals surface area (Å²) in [6.07, 6.45) is 0. The van der Waals surface area contributed by atoms with Crippen LogP contribution in [0.15, 0.2) is 35.7 Å². The first kappa shape index (κ1) is 18.3. The van der Waals surface area contributed by atoms with Crippen LogP contribution in [-0.2, 0) is 4.79 Å². The zero-order chi connectivity index (χ0) is 18.7. The summed E-state index contributed by atoms with van der Waals surface area (Å²) in [7, 11) is 1.61. The van der Waals surface area contributed by atoms with Crippen molar-refractivity contribution in [2.45, 2.75) is 19.9 Å². The lowest BCUT2D eigenvalue weighted by molar-refractivity contribution is -0.118. The molecule has 0 aliphatic carbocycles. The van der Waals surface area contributed by atoms with Gasteiger partial charge in [-0.15, -0.1) is 11.3 Å². The maximum Gasteiger partial charge on any atom is 0.262 e. The Morgan fingerprint density at radius 1 is 1.23 bits per heavy atom. The maximum absolute atomic E-state index is 12.7. The van der Waals surface area contributed by atoms with Crippen LogP contribution in [0.3, 0.4) is 0 Å². The third-order valence-electron chi connectivity index (χ3n) is 3.81. The van der Waals surface area contributed by atoms with E-state index in [1.54, 1.807) is 19.2 Å². The Morgan fingerprint density at radius 3 is 2.69 bits per heavy atom. The summed E-state index contributed by atoms with van der Waals surface area (Å²) in [5.74, 6) is 0.148.